The van der Waals surface area contributed by atoms with Crippen LogP contribution in [0, 0.1) is 4.77 Å². The number of H-pyrrole nitrogens is 1. The van der Waals surface area contributed by atoms with E-state index in [1.807, 2.05) is 4.57 Å². The highest BCUT2D eigenvalue weighted by atomic mass is 127. The van der Waals surface area contributed by atoms with E-state index in [-0.39, 0.29) is 5.56 Å². The van der Waals surface area contributed by atoms with Gasteiger partial charge in [-0.3, -0.25) is 9.78 Å². The molecule has 1 heterocycles. The van der Waals surface area contributed by atoms with Crippen molar-refractivity contribution in [2.75, 3.05) is 4.43 Å². The molecule has 0 fully saturated rings. The number of aromatic amines is 1. The largest absolute Gasteiger partial charge is 0.324 e. The Balaban J connectivity index is 3.10. The van der Waals surface area contributed by atoms with Gasteiger partial charge in [-0.2, -0.15) is 0 Å². The first-order valence-corrected chi connectivity index (χ1v) is 5.03. The average molecular weight is 282 g/mol. The fourth-order valence-electron chi connectivity index (χ4n) is 0.711. The Hall–Kier alpha value is -0.170. The van der Waals surface area contributed by atoms with Gasteiger partial charge < -0.3 is 4.57 Å². The molecule has 0 unspecified atom stereocenters. The number of alkyl halides is 1. The molecule has 0 atom stereocenters. The molecule has 0 aromatic carbocycles. The van der Waals surface area contributed by atoms with Crippen molar-refractivity contribution < 1.29 is 0 Å². The molecule has 1 aromatic heterocycles. The molecular formula is C6H7IN2OS. The topological polar surface area (TPSA) is 37.8 Å². The van der Waals surface area contributed by atoms with E-state index < -0.39 is 0 Å². The normalized spacial score (nSPS) is 9.91. The lowest BCUT2D eigenvalue weighted by atomic mass is 10.6. The number of aryl methyl sites for hydroxylation is 1. The average Bonchev–Trinajstić information content (AvgIpc) is 1.95. The second kappa shape index (κ2) is 4.01. The van der Waals surface area contributed by atoms with Crippen molar-refractivity contribution >= 4 is 34.8 Å². The lowest BCUT2D eigenvalue weighted by Crippen LogP contribution is -2.11. The molecule has 0 aliphatic rings. The summed E-state index contributed by atoms with van der Waals surface area (Å²) in [6, 6.07) is 1.47. The summed E-state index contributed by atoms with van der Waals surface area (Å²) in [7, 11) is 0. The minimum Gasteiger partial charge on any atom is -0.324 e. The van der Waals surface area contributed by atoms with Crippen molar-refractivity contribution in [1.29, 1.82) is 0 Å². The molecule has 0 saturated heterocycles. The van der Waals surface area contributed by atoms with E-state index in [1.54, 1.807) is 6.20 Å². The van der Waals surface area contributed by atoms with E-state index in [9.17, 15) is 4.79 Å². The summed E-state index contributed by atoms with van der Waals surface area (Å²) in [5.41, 5.74) is -0.139. The van der Waals surface area contributed by atoms with E-state index in [0.717, 1.165) is 11.0 Å². The Kier molecular flexibility index (Phi) is 3.25. The molecule has 5 heteroatoms. The minimum absolute atomic E-state index is 0.139. The first-order valence-electron chi connectivity index (χ1n) is 3.10. The van der Waals surface area contributed by atoms with Gasteiger partial charge >= 0.3 is 0 Å². The third-order valence-corrected chi connectivity index (χ3v) is 2.04. The summed E-state index contributed by atoms with van der Waals surface area (Å²) in [4.78, 5) is 13.3. The first kappa shape index (κ1) is 8.92. The monoisotopic (exact) mass is 282 g/mol. The highest BCUT2D eigenvalue weighted by Gasteiger charge is 1.89. The van der Waals surface area contributed by atoms with E-state index in [2.05, 4.69) is 27.6 Å². The zero-order valence-corrected chi connectivity index (χ0v) is 8.68. The van der Waals surface area contributed by atoms with Crippen LogP contribution in [-0.4, -0.2) is 14.0 Å². The zero-order chi connectivity index (χ0) is 8.27. The lowest BCUT2D eigenvalue weighted by molar-refractivity contribution is 0.729. The minimum atomic E-state index is -0.139. The van der Waals surface area contributed by atoms with Crippen molar-refractivity contribution in [2.45, 2.75) is 6.54 Å². The Morgan fingerprint density at radius 1 is 1.73 bits per heavy atom. The molecule has 1 rings (SSSR count). The van der Waals surface area contributed by atoms with Gasteiger partial charge in [0.2, 0.25) is 0 Å². The standard InChI is InChI=1S/C6H7IN2OS/c7-2-4-9-3-1-5(10)8-6(9)11/h1,3H,2,4H2,(H,8,10,11). The number of hydrogen-bond donors (Lipinski definition) is 1. The van der Waals surface area contributed by atoms with Crippen LogP contribution in [0.5, 0.6) is 0 Å². The van der Waals surface area contributed by atoms with Gasteiger partial charge in [-0.1, -0.05) is 22.6 Å². The Morgan fingerprint density at radius 2 is 2.45 bits per heavy atom. The number of nitrogens with one attached hydrogen (secondary N) is 1. The number of nitrogens with zero attached hydrogens (tertiary/aromatic N) is 1. The van der Waals surface area contributed by atoms with Gasteiger partial charge in [0.05, 0.1) is 0 Å². The van der Waals surface area contributed by atoms with Crippen LogP contribution in [0.1, 0.15) is 0 Å². The van der Waals surface area contributed by atoms with Gasteiger partial charge in [-0.05, 0) is 12.2 Å². The first-order chi connectivity index (χ1) is 5.24. The van der Waals surface area contributed by atoms with Crippen LogP contribution in [0.3, 0.4) is 0 Å². The predicted octanol–water partition coefficient (Wildman–Crippen LogP) is 1.34. The third kappa shape index (κ3) is 2.41. The Morgan fingerprint density at radius 3 is 3.00 bits per heavy atom. The van der Waals surface area contributed by atoms with Gasteiger partial charge in [0.25, 0.3) is 5.56 Å². The summed E-state index contributed by atoms with van der Waals surface area (Å²) in [6.07, 6.45) is 1.71. The quantitative estimate of drug-likeness (QED) is 0.505. The molecular weight excluding hydrogens is 275 g/mol. The van der Waals surface area contributed by atoms with Crippen LogP contribution >= 0.6 is 34.8 Å². The molecule has 0 bridgehead atoms. The summed E-state index contributed by atoms with van der Waals surface area (Å²) in [5, 5.41) is 0. The maximum Gasteiger partial charge on any atom is 0.251 e. The van der Waals surface area contributed by atoms with Crippen molar-refractivity contribution in [2.24, 2.45) is 0 Å². The summed E-state index contributed by atoms with van der Waals surface area (Å²) in [6.45, 7) is 0.843. The number of aromatic nitrogens is 2. The molecule has 11 heavy (non-hydrogen) atoms. The summed E-state index contributed by atoms with van der Waals surface area (Å²) in [5.74, 6) is 0. The van der Waals surface area contributed by atoms with E-state index in [1.165, 1.54) is 6.07 Å². The molecule has 0 aliphatic heterocycles. The van der Waals surface area contributed by atoms with Crippen molar-refractivity contribution in [3.8, 4) is 0 Å². The smallest absolute Gasteiger partial charge is 0.251 e. The van der Waals surface area contributed by atoms with Gasteiger partial charge in [-0.25, -0.2) is 0 Å². The van der Waals surface area contributed by atoms with E-state index >= 15 is 0 Å². The fourth-order valence-corrected chi connectivity index (χ4v) is 1.48. The molecule has 1 aromatic rings. The van der Waals surface area contributed by atoms with Gasteiger partial charge in [0.1, 0.15) is 0 Å². The van der Waals surface area contributed by atoms with Crippen molar-refractivity contribution in [1.82, 2.24) is 9.55 Å². The third-order valence-electron chi connectivity index (χ3n) is 1.22. The van der Waals surface area contributed by atoms with Crippen LogP contribution in [-0.2, 0) is 6.54 Å². The molecule has 0 radical (unpaired) electrons. The van der Waals surface area contributed by atoms with Gasteiger partial charge in [0.15, 0.2) is 4.77 Å². The van der Waals surface area contributed by atoms with Crippen LogP contribution in [0.25, 0.3) is 0 Å². The SMILES string of the molecule is O=c1ccn(CCI)c(=S)[nH]1. The van der Waals surface area contributed by atoms with Crippen LogP contribution in [0.2, 0.25) is 0 Å². The number of rotatable bonds is 2. The van der Waals surface area contributed by atoms with Crippen LogP contribution < -0.4 is 5.56 Å². The van der Waals surface area contributed by atoms with Gasteiger partial charge in [0, 0.05) is 23.2 Å². The second-order valence-electron chi connectivity index (χ2n) is 1.99. The highest BCUT2D eigenvalue weighted by molar-refractivity contribution is 14.1. The summed E-state index contributed by atoms with van der Waals surface area (Å²) >= 11 is 7.17. The molecule has 60 valence electrons. The predicted molar refractivity (Wildman–Crippen MR) is 54.8 cm³/mol. The fraction of sp³-hybridized carbons (Fsp3) is 0.333. The summed E-state index contributed by atoms with van der Waals surface area (Å²) < 4.78 is 3.32. The van der Waals surface area contributed by atoms with Crippen LogP contribution in [0.15, 0.2) is 17.1 Å². The molecule has 1 N–H and O–H groups in total. The second-order valence-corrected chi connectivity index (χ2v) is 3.46. The molecule has 0 amide bonds. The van der Waals surface area contributed by atoms with Crippen molar-refractivity contribution in [3.05, 3.63) is 27.4 Å². The molecule has 3 nitrogen and oxygen atoms in total. The number of halogens is 1. The Labute approximate surface area is 82.6 Å². The van der Waals surface area contributed by atoms with E-state index in [4.69, 9.17) is 12.2 Å². The maximum absolute atomic E-state index is 10.7. The zero-order valence-electron chi connectivity index (χ0n) is 5.71. The van der Waals surface area contributed by atoms with Crippen LogP contribution in [0.4, 0.5) is 0 Å². The lowest BCUT2D eigenvalue weighted by Gasteiger charge is -2.00. The maximum atomic E-state index is 10.7. The Bertz CT molecular complexity index is 343. The highest BCUT2D eigenvalue weighted by Crippen LogP contribution is 1.89. The van der Waals surface area contributed by atoms with E-state index in [0.29, 0.717) is 4.77 Å². The van der Waals surface area contributed by atoms with Crippen molar-refractivity contribution in [3.63, 3.8) is 0 Å². The number of hydrogen-bond acceptors (Lipinski definition) is 2. The molecule has 0 spiro atoms. The molecule has 0 aliphatic carbocycles. The molecule has 0 saturated carbocycles. The van der Waals surface area contributed by atoms with Gasteiger partial charge in [-0.15, -0.1) is 0 Å².